The number of nitrogens with zero attached hydrogens (tertiary/aromatic N) is 2. The number of fused-ring (bicyclic) bond motifs is 1. The van der Waals surface area contributed by atoms with E-state index in [1.54, 1.807) is 0 Å². The highest BCUT2D eigenvalue weighted by molar-refractivity contribution is 5.78. The zero-order valence-electron chi connectivity index (χ0n) is 9.69. The van der Waals surface area contributed by atoms with Crippen LogP contribution < -0.4 is 10.6 Å². The zero-order valence-corrected chi connectivity index (χ0v) is 9.69. The molecule has 0 aliphatic heterocycles. The third-order valence-electron chi connectivity index (χ3n) is 2.91. The number of anilines is 1. The summed E-state index contributed by atoms with van der Waals surface area (Å²) in [5.74, 6) is 0.710. The molecule has 1 heterocycles. The fourth-order valence-electron chi connectivity index (χ4n) is 1.80. The second-order valence-electron chi connectivity index (χ2n) is 4.41. The molecule has 2 aromatic rings. The number of hydrogen-bond acceptors (Lipinski definition) is 4. The number of hydrogen-bond donors (Lipinski definition) is 2. The maximum absolute atomic E-state index is 4.46. The summed E-state index contributed by atoms with van der Waals surface area (Å²) in [5.41, 5.74) is 0.986. The van der Waals surface area contributed by atoms with Gasteiger partial charge in [0.05, 0.1) is 5.52 Å². The Bertz CT molecular complexity index is 508. The number of para-hydroxylation sites is 1. The van der Waals surface area contributed by atoms with Gasteiger partial charge in [-0.2, -0.15) is 0 Å². The molecule has 0 unspecified atom stereocenters. The fourth-order valence-corrected chi connectivity index (χ4v) is 1.80. The molecule has 0 saturated heterocycles. The van der Waals surface area contributed by atoms with Gasteiger partial charge in [0.1, 0.15) is 0 Å². The van der Waals surface area contributed by atoms with Crippen molar-refractivity contribution in [3.05, 3.63) is 30.5 Å². The van der Waals surface area contributed by atoms with Crippen LogP contribution in [-0.4, -0.2) is 29.1 Å². The van der Waals surface area contributed by atoms with Crippen molar-refractivity contribution in [1.82, 2.24) is 15.3 Å². The van der Waals surface area contributed by atoms with E-state index in [0.29, 0.717) is 5.95 Å². The van der Waals surface area contributed by atoms with Crippen LogP contribution in [0, 0.1) is 0 Å². The van der Waals surface area contributed by atoms with E-state index in [9.17, 15) is 0 Å². The van der Waals surface area contributed by atoms with Crippen LogP contribution in [0.2, 0.25) is 0 Å². The van der Waals surface area contributed by atoms with Crippen molar-refractivity contribution < 1.29 is 0 Å². The molecule has 0 radical (unpaired) electrons. The van der Waals surface area contributed by atoms with Crippen molar-refractivity contribution >= 4 is 16.9 Å². The van der Waals surface area contributed by atoms with Crippen molar-refractivity contribution in [3.8, 4) is 0 Å². The predicted octanol–water partition coefficient (Wildman–Crippen LogP) is 1.79. The SMILES string of the molecule is c1ccc2nc(NCCNC3CC3)ncc2c1. The van der Waals surface area contributed by atoms with Gasteiger partial charge in [-0.15, -0.1) is 0 Å². The van der Waals surface area contributed by atoms with Crippen LogP contribution in [0.3, 0.4) is 0 Å². The first-order chi connectivity index (χ1) is 8.42. The van der Waals surface area contributed by atoms with Gasteiger partial charge in [0.15, 0.2) is 0 Å². The summed E-state index contributed by atoms with van der Waals surface area (Å²) in [6.07, 6.45) is 4.51. The summed E-state index contributed by atoms with van der Waals surface area (Å²) in [6.45, 7) is 1.84. The molecule has 0 amide bonds. The fraction of sp³-hybridized carbons (Fsp3) is 0.385. The third-order valence-corrected chi connectivity index (χ3v) is 2.91. The summed E-state index contributed by atoms with van der Waals surface area (Å²) in [5, 5.41) is 7.76. The minimum atomic E-state index is 0.710. The molecule has 17 heavy (non-hydrogen) atoms. The van der Waals surface area contributed by atoms with E-state index in [-0.39, 0.29) is 0 Å². The van der Waals surface area contributed by atoms with Crippen LogP contribution in [0.15, 0.2) is 30.5 Å². The highest BCUT2D eigenvalue weighted by atomic mass is 15.1. The van der Waals surface area contributed by atoms with Crippen molar-refractivity contribution in [2.24, 2.45) is 0 Å². The molecule has 3 rings (SSSR count). The number of benzene rings is 1. The second kappa shape index (κ2) is 4.67. The molecular weight excluding hydrogens is 212 g/mol. The number of aromatic nitrogens is 2. The summed E-state index contributed by atoms with van der Waals surface area (Å²) in [7, 11) is 0. The minimum Gasteiger partial charge on any atom is -0.353 e. The molecule has 1 aromatic carbocycles. The Morgan fingerprint density at radius 2 is 2.06 bits per heavy atom. The first kappa shape index (κ1) is 10.5. The quantitative estimate of drug-likeness (QED) is 0.766. The van der Waals surface area contributed by atoms with E-state index in [1.165, 1.54) is 12.8 Å². The smallest absolute Gasteiger partial charge is 0.223 e. The van der Waals surface area contributed by atoms with Gasteiger partial charge in [0.25, 0.3) is 0 Å². The second-order valence-corrected chi connectivity index (χ2v) is 4.41. The molecule has 0 atom stereocenters. The molecule has 1 aliphatic carbocycles. The van der Waals surface area contributed by atoms with Gasteiger partial charge >= 0.3 is 0 Å². The van der Waals surface area contributed by atoms with E-state index in [4.69, 9.17) is 0 Å². The summed E-state index contributed by atoms with van der Waals surface area (Å²) in [6, 6.07) is 8.78. The summed E-state index contributed by atoms with van der Waals surface area (Å²) in [4.78, 5) is 8.75. The van der Waals surface area contributed by atoms with E-state index >= 15 is 0 Å². The molecule has 0 bridgehead atoms. The van der Waals surface area contributed by atoms with E-state index in [0.717, 1.165) is 30.0 Å². The van der Waals surface area contributed by atoms with Gasteiger partial charge in [-0.1, -0.05) is 18.2 Å². The van der Waals surface area contributed by atoms with Crippen molar-refractivity contribution in [2.75, 3.05) is 18.4 Å². The molecular formula is C13H16N4. The van der Waals surface area contributed by atoms with Crippen LogP contribution in [0.4, 0.5) is 5.95 Å². The van der Waals surface area contributed by atoms with E-state index in [1.807, 2.05) is 30.5 Å². The maximum Gasteiger partial charge on any atom is 0.223 e. The zero-order chi connectivity index (χ0) is 11.5. The Morgan fingerprint density at radius 3 is 2.94 bits per heavy atom. The highest BCUT2D eigenvalue weighted by Gasteiger charge is 2.19. The molecule has 4 heteroatoms. The van der Waals surface area contributed by atoms with Crippen LogP contribution >= 0.6 is 0 Å². The lowest BCUT2D eigenvalue weighted by Crippen LogP contribution is -2.24. The highest BCUT2D eigenvalue weighted by Crippen LogP contribution is 2.18. The van der Waals surface area contributed by atoms with Crippen molar-refractivity contribution in [2.45, 2.75) is 18.9 Å². The van der Waals surface area contributed by atoms with Gasteiger partial charge in [-0.05, 0) is 18.9 Å². The molecule has 1 aliphatic rings. The van der Waals surface area contributed by atoms with Crippen molar-refractivity contribution in [3.63, 3.8) is 0 Å². The van der Waals surface area contributed by atoms with Gasteiger partial charge in [-0.3, -0.25) is 0 Å². The average molecular weight is 228 g/mol. The largest absolute Gasteiger partial charge is 0.353 e. The molecule has 88 valence electrons. The van der Waals surface area contributed by atoms with Crippen LogP contribution in [0.25, 0.3) is 10.9 Å². The van der Waals surface area contributed by atoms with Gasteiger partial charge in [0, 0.05) is 30.7 Å². The normalized spacial score (nSPS) is 15.1. The Balaban J connectivity index is 1.59. The number of rotatable bonds is 5. The van der Waals surface area contributed by atoms with Crippen molar-refractivity contribution in [1.29, 1.82) is 0 Å². The lowest BCUT2D eigenvalue weighted by Gasteiger charge is -2.06. The molecule has 2 N–H and O–H groups in total. The first-order valence-electron chi connectivity index (χ1n) is 6.11. The standard InChI is InChI=1S/C13H16N4/c1-2-4-12-10(3-1)9-16-13(17-12)15-8-7-14-11-5-6-11/h1-4,9,11,14H,5-8H2,(H,15,16,17). The summed E-state index contributed by atoms with van der Waals surface area (Å²) >= 11 is 0. The molecule has 1 aromatic heterocycles. The Labute approximate surface area is 100 Å². The lowest BCUT2D eigenvalue weighted by molar-refractivity contribution is 0.699. The molecule has 0 spiro atoms. The van der Waals surface area contributed by atoms with Crippen LogP contribution in [-0.2, 0) is 0 Å². The van der Waals surface area contributed by atoms with Gasteiger partial charge in [-0.25, -0.2) is 9.97 Å². The number of nitrogens with one attached hydrogen (secondary N) is 2. The predicted molar refractivity (Wildman–Crippen MR) is 69.1 cm³/mol. The topological polar surface area (TPSA) is 49.8 Å². The average Bonchev–Trinajstić information content (AvgIpc) is 3.18. The third kappa shape index (κ3) is 2.71. The van der Waals surface area contributed by atoms with Gasteiger partial charge in [0.2, 0.25) is 5.95 Å². The lowest BCUT2D eigenvalue weighted by atomic mass is 10.2. The Kier molecular flexibility index (Phi) is 2.88. The van der Waals surface area contributed by atoms with E-state index < -0.39 is 0 Å². The maximum atomic E-state index is 4.46. The minimum absolute atomic E-state index is 0.710. The van der Waals surface area contributed by atoms with Crippen LogP contribution in [0.1, 0.15) is 12.8 Å². The molecule has 4 nitrogen and oxygen atoms in total. The first-order valence-corrected chi connectivity index (χ1v) is 6.11. The Morgan fingerprint density at radius 1 is 1.18 bits per heavy atom. The van der Waals surface area contributed by atoms with E-state index in [2.05, 4.69) is 20.6 Å². The summed E-state index contributed by atoms with van der Waals surface area (Å²) < 4.78 is 0. The Hall–Kier alpha value is -1.68. The molecule has 1 saturated carbocycles. The molecule has 1 fully saturated rings. The van der Waals surface area contributed by atoms with Crippen LogP contribution in [0.5, 0.6) is 0 Å². The monoisotopic (exact) mass is 228 g/mol. The van der Waals surface area contributed by atoms with Gasteiger partial charge < -0.3 is 10.6 Å².